The maximum atomic E-state index is 12.5. The maximum absolute atomic E-state index is 12.5. The van der Waals surface area contributed by atoms with Gasteiger partial charge < -0.3 is 14.6 Å². The van der Waals surface area contributed by atoms with Crippen molar-refractivity contribution in [3.05, 3.63) is 28.6 Å². The first kappa shape index (κ1) is 18.3. The van der Waals surface area contributed by atoms with Crippen molar-refractivity contribution in [2.24, 2.45) is 5.92 Å². The fourth-order valence-corrected chi connectivity index (χ4v) is 3.10. The van der Waals surface area contributed by atoms with Gasteiger partial charge in [0.25, 0.3) is 5.91 Å². The highest BCUT2D eigenvalue weighted by atomic mass is 16.3. The van der Waals surface area contributed by atoms with E-state index < -0.39 is 6.10 Å². The molecule has 1 saturated heterocycles. The number of amides is 1. The zero-order valence-corrected chi connectivity index (χ0v) is 15.0. The molecule has 130 valence electrons. The minimum absolute atomic E-state index is 0.133. The van der Waals surface area contributed by atoms with Crippen molar-refractivity contribution in [1.29, 1.82) is 5.26 Å². The van der Waals surface area contributed by atoms with Crippen LogP contribution < -0.4 is 0 Å². The van der Waals surface area contributed by atoms with Gasteiger partial charge in [-0.05, 0) is 50.3 Å². The number of aromatic nitrogens is 1. The molecule has 0 bridgehead atoms. The fourth-order valence-electron chi connectivity index (χ4n) is 3.10. The number of aliphatic hydroxyl groups excluding tert-OH is 1. The van der Waals surface area contributed by atoms with Crippen LogP contribution in [-0.2, 0) is 11.3 Å². The van der Waals surface area contributed by atoms with Crippen LogP contribution in [0, 0.1) is 31.1 Å². The zero-order valence-electron chi connectivity index (χ0n) is 15.0. The molecule has 0 aliphatic carbocycles. The summed E-state index contributed by atoms with van der Waals surface area (Å²) in [5.41, 5.74) is 3.27. The van der Waals surface area contributed by atoms with E-state index in [9.17, 15) is 15.2 Å². The van der Waals surface area contributed by atoms with Gasteiger partial charge in [0.15, 0.2) is 0 Å². The summed E-state index contributed by atoms with van der Waals surface area (Å²) >= 11 is 0. The summed E-state index contributed by atoms with van der Waals surface area (Å²) in [5.74, 6) is 0.337. The van der Waals surface area contributed by atoms with Crippen molar-refractivity contribution in [2.75, 3.05) is 13.1 Å². The van der Waals surface area contributed by atoms with E-state index in [0.29, 0.717) is 25.4 Å². The molecule has 5 heteroatoms. The van der Waals surface area contributed by atoms with Crippen LogP contribution in [0.15, 0.2) is 11.6 Å². The molecule has 0 aromatic carbocycles. The molecule has 1 N–H and O–H groups in total. The molecule has 2 heterocycles. The number of nitriles is 1. The molecule has 1 aliphatic rings. The van der Waals surface area contributed by atoms with Crippen molar-refractivity contribution >= 4 is 12.0 Å². The summed E-state index contributed by atoms with van der Waals surface area (Å²) in [7, 11) is 0. The lowest BCUT2D eigenvalue weighted by molar-refractivity contribution is -0.125. The number of likely N-dealkylation sites (tertiary alicyclic amines) is 1. The minimum atomic E-state index is -0.477. The quantitative estimate of drug-likeness (QED) is 0.667. The second-order valence-electron chi connectivity index (χ2n) is 7.02. The van der Waals surface area contributed by atoms with E-state index in [1.165, 1.54) is 0 Å². The SMILES string of the molecule is Cc1cc(C=C(C#N)C(=O)N2CC[C@@H](O)C2)c(C)n1CCC(C)C. The van der Waals surface area contributed by atoms with E-state index in [2.05, 4.69) is 25.3 Å². The number of aryl methyl sites for hydroxylation is 1. The van der Waals surface area contributed by atoms with Crippen LogP contribution in [0.5, 0.6) is 0 Å². The Morgan fingerprint density at radius 1 is 1.50 bits per heavy atom. The van der Waals surface area contributed by atoms with Gasteiger partial charge in [0.1, 0.15) is 11.6 Å². The predicted molar refractivity (Wildman–Crippen MR) is 94.2 cm³/mol. The number of aliphatic hydroxyl groups is 1. The van der Waals surface area contributed by atoms with E-state index >= 15 is 0 Å². The fraction of sp³-hybridized carbons (Fsp3) is 0.579. The molecule has 1 aliphatic heterocycles. The topological polar surface area (TPSA) is 69.3 Å². The zero-order chi connectivity index (χ0) is 17.9. The number of hydrogen-bond donors (Lipinski definition) is 1. The molecule has 0 unspecified atom stereocenters. The average molecular weight is 329 g/mol. The number of β-amino-alcohol motifs (C(OH)–C–C–N with tert-alkyl or cyclic N) is 1. The van der Waals surface area contributed by atoms with Gasteiger partial charge in [-0.3, -0.25) is 4.79 Å². The Bertz CT molecular complexity index is 680. The molecule has 1 amide bonds. The number of rotatable bonds is 5. The molecule has 1 fully saturated rings. The molecular formula is C19H27N3O2. The minimum Gasteiger partial charge on any atom is -0.391 e. The molecule has 5 nitrogen and oxygen atoms in total. The Morgan fingerprint density at radius 3 is 2.75 bits per heavy atom. The number of carbonyl (C=O) groups is 1. The number of nitrogens with zero attached hydrogens (tertiary/aromatic N) is 3. The molecule has 0 saturated carbocycles. The van der Waals surface area contributed by atoms with Crippen LogP contribution in [-0.4, -0.2) is 39.7 Å². The summed E-state index contributed by atoms with van der Waals surface area (Å²) in [5, 5.41) is 19.0. The molecule has 0 spiro atoms. The highest BCUT2D eigenvalue weighted by Gasteiger charge is 2.27. The van der Waals surface area contributed by atoms with E-state index in [1.54, 1.807) is 11.0 Å². The van der Waals surface area contributed by atoms with Gasteiger partial charge in [-0.25, -0.2) is 0 Å². The maximum Gasteiger partial charge on any atom is 0.264 e. The molecule has 1 atom stereocenters. The van der Waals surface area contributed by atoms with Crippen LogP contribution in [0.25, 0.3) is 6.08 Å². The second-order valence-corrected chi connectivity index (χ2v) is 7.02. The third-order valence-electron chi connectivity index (χ3n) is 4.64. The molecule has 2 rings (SSSR count). The highest BCUT2D eigenvalue weighted by Crippen LogP contribution is 2.21. The molecular weight excluding hydrogens is 302 g/mol. The van der Waals surface area contributed by atoms with E-state index in [-0.39, 0.29) is 11.5 Å². The smallest absolute Gasteiger partial charge is 0.264 e. The van der Waals surface area contributed by atoms with E-state index in [0.717, 1.165) is 29.9 Å². The molecule has 24 heavy (non-hydrogen) atoms. The second kappa shape index (κ2) is 7.67. The Balaban J connectivity index is 2.23. The number of carbonyl (C=O) groups excluding carboxylic acids is 1. The van der Waals surface area contributed by atoms with Crippen molar-refractivity contribution < 1.29 is 9.90 Å². The summed E-state index contributed by atoms with van der Waals surface area (Å²) in [6.07, 6.45) is 2.87. The lowest BCUT2D eigenvalue weighted by Gasteiger charge is -2.14. The summed E-state index contributed by atoms with van der Waals surface area (Å²) in [4.78, 5) is 14.0. The van der Waals surface area contributed by atoms with Gasteiger partial charge in [-0.1, -0.05) is 13.8 Å². The first-order valence-electron chi connectivity index (χ1n) is 8.59. The van der Waals surface area contributed by atoms with Gasteiger partial charge in [-0.15, -0.1) is 0 Å². The van der Waals surface area contributed by atoms with E-state index in [1.807, 2.05) is 19.1 Å². The largest absolute Gasteiger partial charge is 0.391 e. The lowest BCUT2D eigenvalue weighted by Crippen LogP contribution is -2.30. The molecule has 1 aromatic rings. The van der Waals surface area contributed by atoms with Gasteiger partial charge in [0.2, 0.25) is 0 Å². The predicted octanol–water partition coefficient (Wildman–Crippen LogP) is 2.65. The first-order valence-corrected chi connectivity index (χ1v) is 8.59. The third-order valence-corrected chi connectivity index (χ3v) is 4.64. The Hall–Kier alpha value is -2.06. The first-order chi connectivity index (χ1) is 11.3. The Labute approximate surface area is 144 Å². The van der Waals surface area contributed by atoms with Crippen LogP contribution in [0.3, 0.4) is 0 Å². The summed E-state index contributed by atoms with van der Waals surface area (Å²) < 4.78 is 2.24. The average Bonchev–Trinajstić information content (AvgIpc) is 3.06. The van der Waals surface area contributed by atoms with Crippen LogP contribution in [0.1, 0.15) is 43.6 Å². The van der Waals surface area contributed by atoms with E-state index in [4.69, 9.17) is 0 Å². The van der Waals surface area contributed by atoms with Crippen molar-refractivity contribution in [2.45, 2.75) is 53.2 Å². The Morgan fingerprint density at radius 2 is 2.21 bits per heavy atom. The van der Waals surface area contributed by atoms with Crippen molar-refractivity contribution in [1.82, 2.24) is 9.47 Å². The van der Waals surface area contributed by atoms with Gasteiger partial charge in [-0.2, -0.15) is 5.26 Å². The standard InChI is InChI=1S/C19H27N3O2/c1-13(2)5-8-22-14(3)9-16(15(22)4)10-17(11-20)19(24)21-7-6-18(23)12-21/h9-10,13,18,23H,5-8,12H2,1-4H3/t18-/m1/s1. The van der Waals surface area contributed by atoms with Gasteiger partial charge >= 0.3 is 0 Å². The lowest BCUT2D eigenvalue weighted by atomic mass is 10.1. The molecule has 0 radical (unpaired) electrons. The van der Waals surface area contributed by atoms with Crippen LogP contribution in [0.2, 0.25) is 0 Å². The van der Waals surface area contributed by atoms with Crippen molar-refractivity contribution in [3.8, 4) is 6.07 Å². The third kappa shape index (κ3) is 4.07. The molecule has 1 aromatic heterocycles. The van der Waals surface area contributed by atoms with Crippen molar-refractivity contribution in [3.63, 3.8) is 0 Å². The monoisotopic (exact) mass is 329 g/mol. The van der Waals surface area contributed by atoms with Gasteiger partial charge in [0.05, 0.1) is 6.10 Å². The van der Waals surface area contributed by atoms with Gasteiger partial charge in [0, 0.05) is 31.0 Å². The van der Waals surface area contributed by atoms with Crippen LogP contribution >= 0.6 is 0 Å². The normalized spacial score (nSPS) is 18.3. The van der Waals surface area contributed by atoms with Crippen LogP contribution in [0.4, 0.5) is 0 Å². The summed E-state index contributed by atoms with van der Waals surface area (Å²) in [6.45, 7) is 10.2. The number of hydrogen-bond acceptors (Lipinski definition) is 3. The highest BCUT2D eigenvalue weighted by molar-refractivity contribution is 6.02. The summed E-state index contributed by atoms with van der Waals surface area (Å²) in [6, 6.07) is 4.05. The Kier molecular flexibility index (Phi) is 5.84.